The Morgan fingerprint density at radius 3 is 2.76 bits per heavy atom. The van der Waals surface area contributed by atoms with Crippen LogP contribution in [0.15, 0.2) is 0 Å². The first-order valence-corrected chi connectivity index (χ1v) is 7.13. The summed E-state index contributed by atoms with van der Waals surface area (Å²) in [5.74, 6) is 0.848. The third-order valence-corrected chi connectivity index (χ3v) is 3.75. The van der Waals surface area contributed by atoms with Crippen molar-refractivity contribution >= 4 is 0 Å². The predicted molar refractivity (Wildman–Crippen MR) is 73.4 cm³/mol. The normalized spacial score (nSPS) is 28.2. The van der Waals surface area contributed by atoms with E-state index < -0.39 is 0 Å². The van der Waals surface area contributed by atoms with E-state index in [1.54, 1.807) is 7.11 Å². The smallest absolute Gasteiger partial charge is 0.0628 e. The van der Waals surface area contributed by atoms with Gasteiger partial charge in [-0.2, -0.15) is 0 Å². The van der Waals surface area contributed by atoms with Gasteiger partial charge in [0.25, 0.3) is 0 Å². The van der Waals surface area contributed by atoms with Crippen LogP contribution in [0.1, 0.15) is 40.0 Å². The van der Waals surface area contributed by atoms with Gasteiger partial charge in [-0.15, -0.1) is 0 Å². The van der Waals surface area contributed by atoms with Gasteiger partial charge in [-0.25, -0.2) is 0 Å². The van der Waals surface area contributed by atoms with Crippen LogP contribution in [0.5, 0.6) is 0 Å². The van der Waals surface area contributed by atoms with Gasteiger partial charge in [-0.1, -0.05) is 13.8 Å². The number of hydrogen-bond acceptors (Lipinski definition) is 3. The second kappa shape index (κ2) is 8.06. The zero-order valence-electron chi connectivity index (χ0n) is 12.0. The highest BCUT2D eigenvalue weighted by atomic mass is 16.5. The standard InChI is InChI=1S/C14H30N2O/c1-5-8-15-14(11-17-4)10-16-9-12(2)6-7-13(16)3/h12-15H,5-11H2,1-4H3. The van der Waals surface area contributed by atoms with E-state index in [1.807, 2.05) is 0 Å². The molecular formula is C14H30N2O. The van der Waals surface area contributed by atoms with E-state index in [0.29, 0.717) is 6.04 Å². The van der Waals surface area contributed by atoms with Crippen molar-refractivity contribution in [3.8, 4) is 0 Å². The number of likely N-dealkylation sites (tertiary alicyclic amines) is 1. The Morgan fingerprint density at radius 2 is 2.12 bits per heavy atom. The molecule has 0 saturated carbocycles. The third kappa shape index (κ3) is 5.36. The van der Waals surface area contributed by atoms with Crippen molar-refractivity contribution in [2.75, 3.05) is 33.4 Å². The van der Waals surface area contributed by atoms with E-state index in [9.17, 15) is 0 Å². The predicted octanol–water partition coefficient (Wildman–Crippen LogP) is 2.12. The SMILES string of the molecule is CCCNC(COC)CN1CC(C)CCC1C. The zero-order valence-corrected chi connectivity index (χ0v) is 12.0. The first kappa shape index (κ1) is 14.9. The molecule has 0 bridgehead atoms. The lowest BCUT2D eigenvalue weighted by Crippen LogP contribution is -2.50. The number of rotatable bonds is 7. The highest BCUT2D eigenvalue weighted by Crippen LogP contribution is 2.21. The molecule has 1 aliphatic rings. The minimum atomic E-state index is 0.479. The van der Waals surface area contributed by atoms with Gasteiger partial charge in [-0.05, 0) is 38.6 Å². The lowest BCUT2D eigenvalue weighted by atomic mass is 9.94. The third-order valence-electron chi connectivity index (χ3n) is 3.75. The summed E-state index contributed by atoms with van der Waals surface area (Å²) in [5, 5.41) is 3.59. The fourth-order valence-electron chi connectivity index (χ4n) is 2.64. The molecule has 3 heteroatoms. The minimum absolute atomic E-state index is 0.479. The van der Waals surface area contributed by atoms with Crippen LogP contribution in [-0.4, -0.2) is 50.3 Å². The van der Waals surface area contributed by atoms with Crippen LogP contribution in [0.4, 0.5) is 0 Å². The van der Waals surface area contributed by atoms with Crippen LogP contribution in [-0.2, 0) is 4.74 Å². The first-order chi connectivity index (χ1) is 8.17. The molecule has 0 aromatic carbocycles. The van der Waals surface area contributed by atoms with Crippen LogP contribution in [0.2, 0.25) is 0 Å². The molecule has 0 radical (unpaired) electrons. The van der Waals surface area contributed by atoms with E-state index in [4.69, 9.17) is 4.74 Å². The molecule has 3 unspecified atom stereocenters. The number of piperidine rings is 1. The van der Waals surface area contributed by atoms with E-state index >= 15 is 0 Å². The van der Waals surface area contributed by atoms with Gasteiger partial charge in [0, 0.05) is 32.3 Å². The maximum Gasteiger partial charge on any atom is 0.0628 e. The fraction of sp³-hybridized carbons (Fsp3) is 1.00. The Balaban J connectivity index is 2.40. The van der Waals surface area contributed by atoms with Crippen molar-refractivity contribution in [3.05, 3.63) is 0 Å². The van der Waals surface area contributed by atoms with E-state index in [2.05, 4.69) is 31.0 Å². The number of nitrogens with one attached hydrogen (secondary N) is 1. The molecule has 0 aromatic rings. The first-order valence-electron chi connectivity index (χ1n) is 7.13. The Bertz CT molecular complexity index is 199. The molecule has 1 saturated heterocycles. The van der Waals surface area contributed by atoms with Crippen molar-refractivity contribution in [3.63, 3.8) is 0 Å². The molecule has 0 aromatic heterocycles. The average molecular weight is 242 g/mol. The van der Waals surface area contributed by atoms with Gasteiger partial charge in [0.1, 0.15) is 0 Å². The van der Waals surface area contributed by atoms with E-state index in [0.717, 1.165) is 31.7 Å². The maximum atomic E-state index is 5.32. The Kier molecular flexibility index (Phi) is 7.09. The lowest BCUT2D eigenvalue weighted by molar-refractivity contribution is 0.0854. The highest BCUT2D eigenvalue weighted by Gasteiger charge is 2.24. The van der Waals surface area contributed by atoms with Gasteiger partial charge in [0.05, 0.1) is 6.61 Å². The molecule has 17 heavy (non-hydrogen) atoms. The van der Waals surface area contributed by atoms with E-state index in [-0.39, 0.29) is 0 Å². The molecule has 3 atom stereocenters. The number of hydrogen-bond donors (Lipinski definition) is 1. The second-order valence-electron chi connectivity index (χ2n) is 5.59. The average Bonchev–Trinajstić information content (AvgIpc) is 2.31. The maximum absolute atomic E-state index is 5.32. The van der Waals surface area contributed by atoms with Crippen molar-refractivity contribution < 1.29 is 4.74 Å². The van der Waals surface area contributed by atoms with Crippen LogP contribution in [0.3, 0.4) is 0 Å². The Hall–Kier alpha value is -0.120. The van der Waals surface area contributed by atoms with Gasteiger partial charge in [-0.3, -0.25) is 4.90 Å². The van der Waals surface area contributed by atoms with Crippen molar-refractivity contribution in [2.45, 2.75) is 52.1 Å². The Labute approximate surface area is 107 Å². The topological polar surface area (TPSA) is 24.5 Å². The van der Waals surface area contributed by atoms with Crippen molar-refractivity contribution in [1.82, 2.24) is 10.2 Å². The van der Waals surface area contributed by atoms with Crippen LogP contribution in [0.25, 0.3) is 0 Å². The van der Waals surface area contributed by atoms with Crippen LogP contribution >= 0.6 is 0 Å². The Morgan fingerprint density at radius 1 is 1.35 bits per heavy atom. The molecular weight excluding hydrogens is 212 g/mol. The summed E-state index contributed by atoms with van der Waals surface area (Å²) < 4.78 is 5.32. The number of nitrogens with zero attached hydrogens (tertiary/aromatic N) is 1. The quantitative estimate of drug-likeness (QED) is 0.740. The molecule has 1 heterocycles. The number of methoxy groups -OCH3 is 1. The minimum Gasteiger partial charge on any atom is -0.383 e. The molecule has 0 spiro atoms. The summed E-state index contributed by atoms with van der Waals surface area (Å²) in [4.78, 5) is 2.63. The molecule has 0 aliphatic carbocycles. The van der Waals surface area contributed by atoms with Gasteiger partial charge < -0.3 is 10.1 Å². The summed E-state index contributed by atoms with van der Waals surface area (Å²) in [6.07, 6.45) is 3.91. The van der Waals surface area contributed by atoms with Crippen molar-refractivity contribution in [2.24, 2.45) is 5.92 Å². The molecule has 0 amide bonds. The lowest BCUT2D eigenvalue weighted by Gasteiger charge is -2.38. The summed E-state index contributed by atoms with van der Waals surface area (Å²) in [6, 6.07) is 1.21. The largest absolute Gasteiger partial charge is 0.383 e. The summed E-state index contributed by atoms with van der Waals surface area (Å²) in [6.45, 7) is 11.2. The summed E-state index contributed by atoms with van der Waals surface area (Å²) in [7, 11) is 1.79. The van der Waals surface area contributed by atoms with Gasteiger partial charge in [0.2, 0.25) is 0 Å². The zero-order chi connectivity index (χ0) is 12.7. The molecule has 1 fully saturated rings. The molecule has 1 aliphatic heterocycles. The molecule has 1 rings (SSSR count). The van der Waals surface area contributed by atoms with Crippen LogP contribution < -0.4 is 5.32 Å². The van der Waals surface area contributed by atoms with Crippen LogP contribution in [0, 0.1) is 5.92 Å². The molecule has 3 nitrogen and oxygen atoms in total. The van der Waals surface area contributed by atoms with E-state index in [1.165, 1.54) is 25.8 Å². The summed E-state index contributed by atoms with van der Waals surface area (Å²) >= 11 is 0. The molecule has 1 N–H and O–H groups in total. The van der Waals surface area contributed by atoms with Crippen molar-refractivity contribution in [1.29, 1.82) is 0 Å². The second-order valence-corrected chi connectivity index (χ2v) is 5.59. The fourth-order valence-corrected chi connectivity index (χ4v) is 2.64. The highest BCUT2D eigenvalue weighted by molar-refractivity contribution is 4.81. The van der Waals surface area contributed by atoms with Gasteiger partial charge in [0.15, 0.2) is 0 Å². The van der Waals surface area contributed by atoms with Gasteiger partial charge >= 0.3 is 0 Å². The monoisotopic (exact) mass is 242 g/mol. The number of ether oxygens (including phenoxy) is 1. The molecule has 102 valence electrons. The summed E-state index contributed by atoms with van der Waals surface area (Å²) in [5.41, 5.74) is 0.